The van der Waals surface area contributed by atoms with E-state index < -0.39 is 15.1 Å². The van der Waals surface area contributed by atoms with Gasteiger partial charge in [0.25, 0.3) is 0 Å². The van der Waals surface area contributed by atoms with Gasteiger partial charge in [0.2, 0.25) is 0 Å². The van der Waals surface area contributed by atoms with Crippen molar-refractivity contribution in [2.24, 2.45) is 0 Å². The molecule has 4 aromatic rings. The predicted molar refractivity (Wildman–Crippen MR) is 129 cm³/mol. The van der Waals surface area contributed by atoms with Gasteiger partial charge < -0.3 is 0 Å². The molecule has 0 aliphatic heterocycles. The molecule has 146 valence electrons. The summed E-state index contributed by atoms with van der Waals surface area (Å²) in [5, 5.41) is 4.24. The summed E-state index contributed by atoms with van der Waals surface area (Å²) in [7, 11) is -0.977. The van der Waals surface area contributed by atoms with Crippen LogP contribution in [0.15, 0.2) is 121 Å². The number of rotatable bonds is 6. The number of nitrogens with one attached hydrogen (secondary N) is 1. The molecule has 0 radical (unpaired) electrons. The third kappa shape index (κ3) is 4.04. The fourth-order valence-electron chi connectivity index (χ4n) is 3.51. The van der Waals surface area contributed by atoms with Crippen LogP contribution in [0.5, 0.6) is 0 Å². The topological polar surface area (TPSA) is 32.3 Å². The van der Waals surface area contributed by atoms with Crippen LogP contribution in [0.2, 0.25) is 0 Å². The van der Waals surface area contributed by atoms with Gasteiger partial charge in [0.05, 0.1) is 0 Å². The molecule has 2 N–H and O–H groups in total. The summed E-state index contributed by atoms with van der Waals surface area (Å²) in [5.41, 5.74) is 0. The van der Waals surface area contributed by atoms with Gasteiger partial charge in [-0.1, -0.05) is 0 Å². The Labute approximate surface area is 174 Å². The second kappa shape index (κ2) is 8.19. The molecule has 0 saturated heterocycles. The molecule has 0 aliphatic rings. The minimum atomic E-state index is -3.66. The van der Waals surface area contributed by atoms with Crippen LogP contribution in [-0.4, -0.2) is 11.6 Å². The molecule has 0 fully saturated rings. The molecule has 0 saturated carbocycles. The van der Waals surface area contributed by atoms with Gasteiger partial charge in [-0.05, 0) is 0 Å². The van der Waals surface area contributed by atoms with E-state index in [1.165, 1.54) is 10.6 Å². The molecule has 0 aromatic heterocycles. The van der Waals surface area contributed by atoms with Gasteiger partial charge in [0.15, 0.2) is 0 Å². The van der Waals surface area contributed by atoms with Crippen molar-refractivity contribution in [3.05, 3.63) is 121 Å². The Morgan fingerprint density at radius 3 is 1.21 bits per heavy atom. The maximum atomic E-state index is 12.5. The van der Waals surface area contributed by atoms with Gasteiger partial charge in [-0.15, -0.1) is 0 Å². The first kappa shape index (κ1) is 20.0. The zero-order valence-corrected chi connectivity index (χ0v) is 18.2. The fraction of sp³-hybridized carbons (Fsp3) is 0.0400. The van der Waals surface area contributed by atoms with Crippen molar-refractivity contribution in [1.29, 1.82) is 0 Å². The first-order valence-corrected chi connectivity index (χ1v) is 13.6. The summed E-state index contributed by atoms with van der Waals surface area (Å²) < 4.78 is 0. The van der Waals surface area contributed by atoms with Crippen LogP contribution in [0, 0.1) is 0 Å². The van der Waals surface area contributed by atoms with Gasteiger partial charge in [-0.25, -0.2) is 0 Å². The van der Waals surface area contributed by atoms with E-state index in [-0.39, 0.29) is 0 Å². The second-order valence-corrected chi connectivity index (χ2v) is 13.8. The Morgan fingerprint density at radius 1 is 0.552 bits per heavy atom. The molecule has 4 aromatic carbocycles. The van der Waals surface area contributed by atoms with Crippen molar-refractivity contribution in [1.82, 2.24) is 4.86 Å². The molecule has 4 heteroatoms. The van der Waals surface area contributed by atoms with Crippen molar-refractivity contribution < 1.29 is 4.89 Å². The fourth-order valence-corrected chi connectivity index (χ4v) is 10.7. The molecular weight excluding hydrogens is 392 g/mol. The first-order chi connectivity index (χ1) is 14.1. The summed E-state index contributed by atoms with van der Waals surface area (Å²) in [6, 6.07) is 40.9. The summed E-state index contributed by atoms with van der Waals surface area (Å²) in [6.45, 7) is -1.66. The molecule has 29 heavy (non-hydrogen) atoms. The molecule has 0 aliphatic carbocycles. The second-order valence-electron chi connectivity index (χ2n) is 7.28. The van der Waals surface area contributed by atoms with Crippen LogP contribution < -0.4 is 26.1 Å². The third-order valence-corrected chi connectivity index (χ3v) is 12.7. The Morgan fingerprint density at radius 2 is 0.862 bits per heavy atom. The van der Waals surface area contributed by atoms with Gasteiger partial charge in [0.1, 0.15) is 0 Å². The van der Waals surface area contributed by atoms with Crippen molar-refractivity contribution in [2.45, 2.75) is 0 Å². The average molecular weight is 417 g/mol. The Bertz CT molecular complexity index is 972. The van der Waals surface area contributed by atoms with Gasteiger partial charge in [-0.3, -0.25) is 0 Å². The van der Waals surface area contributed by atoms with E-state index in [1.54, 1.807) is 0 Å². The summed E-state index contributed by atoms with van der Waals surface area (Å²) in [6.07, 6.45) is 0. The molecule has 0 atom stereocenters. The number of hydrogen-bond donors (Lipinski definition) is 2. The van der Waals surface area contributed by atoms with Crippen molar-refractivity contribution in [2.75, 3.05) is 6.66 Å². The van der Waals surface area contributed by atoms with Crippen molar-refractivity contribution >= 4 is 36.3 Å². The monoisotopic (exact) mass is 417 g/mol. The quantitative estimate of drug-likeness (QED) is 0.459. The number of hydrogen-bond acceptors (Lipinski definition) is 2. The Balaban J connectivity index is 1.91. The third-order valence-electron chi connectivity index (χ3n) is 5.15. The Kier molecular flexibility index (Phi) is 5.63. The van der Waals surface area contributed by atoms with Crippen LogP contribution in [0.3, 0.4) is 0 Å². The van der Waals surface area contributed by atoms with Gasteiger partial charge >= 0.3 is 174 Å². The van der Waals surface area contributed by atoms with Crippen LogP contribution in [0.4, 0.5) is 0 Å². The van der Waals surface area contributed by atoms with E-state index in [2.05, 4.69) is 53.4 Å². The zero-order valence-electron chi connectivity index (χ0n) is 16.4. The van der Waals surface area contributed by atoms with Crippen LogP contribution in [0.25, 0.3) is 0 Å². The normalized spacial score (nSPS) is 13.0. The molecule has 0 spiro atoms. The first-order valence-electron chi connectivity index (χ1n) is 9.63. The predicted octanol–water partition coefficient (Wildman–Crippen LogP) is 4.28. The summed E-state index contributed by atoms with van der Waals surface area (Å²) >= 11 is 0. The molecule has 0 unspecified atom stereocenters. The SMILES string of the molecule is CP(O)(NP(c1ccccc1)c1ccccc1)(c1ccccc1)c1ccccc1. The van der Waals surface area contributed by atoms with E-state index in [0.717, 1.165) is 10.6 Å². The summed E-state index contributed by atoms with van der Waals surface area (Å²) in [5.74, 6) is 0. The standard InChI is InChI=1S/C25H25NOP2/c1-29(27,24-18-10-4-11-19-24,25-20-12-5-13-21-25)26-28(22-14-6-2-7-15-22)23-16-8-3-9-17-23/h2-21,26-27H,1H3. The van der Waals surface area contributed by atoms with Gasteiger partial charge in [-0.2, -0.15) is 0 Å². The van der Waals surface area contributed by atoms with Crippen LogP contribution >= 0.6 is 15.1 Å². The van der Waals surface area contributed by atoms with Crippen LogP contribution in [0.1, 0.15) is 0 Å². The molecule has 4 rings (SSSR count). The van der Waals surface area contributed by atoms with Crippen LogP contribution in [-0.2, 0) is 0 Å². The van der Waals surface area contributed by atoms with E-state index in [1.807, 2.05) is 79.5 Å². The number of benzene rings is 4. The molecule has 0 heterocycles. The zero-order chi connectivity index (χ0) is 20.2. The molecular formula is C25H25NOP2. The van der Waals surface area contributed by atoms with E-state index >= 15 is 0 Å². The van der Waals surface area contributed by atoms with E-state index in [0.29, 0.717) is 0 Å². The molecule has 2 nitrogen and oxygen atoms in total. The van der Waals surface area contributed by atoms with Gasteiger partial charge in [0, 0.05) is 0 Å². The minimum absolute atomic E-state index is 0.934. The molecule has 0 bridgehead atoms. The van der Waals surface area contributed by atoms with E-state index in [9.17, 15) is 4.89 Å². The van der Waals surface area contributed by atoms with E-state index in [4.69, 9.17) is 0 Å². The average Bonchev–Trinajstić information content (AvgIpc) is 2.80. The summed E-state index contributed by atoms with van der Waals surface area (Å²) in [4.78, 5) is 16.4. The van der Waals surface area contributed by atoms with Crippen molar-refractivity contribution in [3.8, 4) is 0 Å². The molecule has 0 amide bonds. The maximum absolute atomic E-state index is 12.5. The Hall–Kier alpha value is -2.34. The van der Waals surface area contributed by atoms with Crippen molar-refractivity contribution in [3.63, 3.8) is 0 Å².